The fourth-order valence-electron chi connectivity index (χ4n) is 8.94. The van der Waals surface area contributed by atoms with Crippen molar-refractivity contribution in [1.29, 1.82) is 0 Å². The van der Waals surface area contributed by atoms with Gasteiger partial charge in [0.2, 0.25) is 5.41 Å². The second-order valence-electron chi connectivity index (χ2n) is 18.0. The van der Waals surface area contributed by atoms with Crippen LogP contribution in [-0.4, -0.2) is 12.4 Å². The van der Waals surface area contributed by atoms with Crippen molar-refractivity contribution in [3.8, 4) is 33.4 Å². The van der Waals surface area contributed by atoms with Gasteiger partial charge in [-0.15, -0.1) is 0 Å². The van der Waals surface area contributed by atoms with Crippen LogP contribution in [0.25, 0.3) is 55.3 Å². The maximum absolute atomic E-state index is 16.0. The molecule has 9 rings (SSSR count). The second kappa shape index (κ2) is 13.9. The number of para-hydroxylation sites is 1. The molecule has 0 radical (unpaired) electrons. The molecule has 8 aromatic rings. The molecule has 0 atom stereocenters. The van der Waals surface area contributed by atoms with Crippen LogP contribution in [0, 0.1) is 0 Å². The molecule has 8 heteroatoms. The number of anilines is 3. The van der Waals surface area contributed by atoms with E-state index in [1.165, 1.54) is 6.07 Å². The number of alkyl halides is 6. The van der Waals surface area contributed by atoms with Gasteiger partial charge in [-0.25, -0.2) is 0 Å². The summed E-state index contributed by atoms with van der Waals surface area (Å²) in [6.45, 7) is 10.7. The number of nitrogens with zero attached hydrogens (tertiary/aromatic N) is 1. The normalized spacial score (nSPS) is 14.0. The van der Waals surface area contributed by atoms with E-state index in [0.717, 1.165) is 56.3 Å². The number of hydrogen-bond donors (Lipinski definition) is 0. The maximum atomic E-state index is 16.0. The molecule has 61 heavy (non-hydrogen) atoms. The van der Waals surface area contributed by atoms with Crippen molar-refractivity contribution in [2.45, 2.75) is 70.1 Å². The molecule has 0 bridgehead atoms. The Morgan fingerprint density at radius 2 is 1.00 bits per heavy atom. The van der Waals surface area contributed by atoms with Gasteiger partial charge in [-0.05, 0) is 103 Å². The Kier molecular flexibility index (Phi) is 9.13. The minimum Gasteiger partial charge on any atom is -0.456 e. The van der Waals surface area contributed by atoms with Gasteiger partial charge in [0.05, 0.1) is 5.69 Å². The molecule has 0 fully saturated rings. The van der Waals surface area contributed by atoms with Crippen LogP contribution in [0.4, 0.5) is 43.4 Å². The lowest BCUT2D eigenvalue weighted by Crippen LogP contribution is -2.53. The van der Waals surface area contributed by atoms with Gasteiger partial charge in [0.15, 0.2) is 0 Å². The Labute approximate surface area is 351 Å². The molecule has 1 aliphatic rings. The van der Waals surface area contributed by atoms with Crippen LogP contribution in [0.1, 0.15) is 63.8 Å². The molecule has 0 saturated heterocycles. The number of benzene rings is 7. The van der Waals surface area contributed by atoms with E-state index in [9.17, 15) is 0 Å². The van der Waals surface area contributed by atoms with E-state index in [-0.39, 0.29) is 16.8 Å². The van der Waals surface area contributed by atoms with Crippen molar-refractivity contribution in [2.75, 3.05) is 4.90 Å². The number of furan rings is 1. The third kappa shape index (κ3) is 6.41. The summed E-state index contributed by atoms with van der Waals surface area (Å²) >= 11 is 0. The predicted molar refractivity (Wildman–Crippen MR) is 235 cm³/mol. The summed E-state index contributed by atoms with van der Waals surface area (Å²) in [6, 6.07) is 45.7. The number of fused-ring (bicyclic) bond motifs is 6. The van der Waals surface area contributed by atoms with Crippen LogP contribution < -0.4 is 4.90 Å². The highest BCUT2D eigenvalue weighted by molar-refractivity contribution is 6.12. The van der Waals surface area contributed by atoms with Crippen LogP contribution in [0.15, 0.2) is 156 Å². The van der Waals surface area contributed by atoms with Crippen molar-refractivity contribution in [3.05, 3.63) is 174 Å². The number of rotatable bonds is 5. The highest BCUT2D eigenvalue weighted by Crippen LogP contribution is 2.66. The van der Waals surface area contributed by atoms with Gasteiger partial charge in [-0.2, -0.15) is 26.3 Å². The van der Waals surface area contributed by atoms with Gasteiger partial charge in [-0.3, -0.25) is 0 Å². The van der Waals surface area contributed by atoms with E-state index >= 15 is 26.3 Å². The number of halogens is 6. The smallest absolute Gasteiger partial charge is 0.411 e. The third-order valence-corrected chi connectivity index (χ3v) is 12.1. The average molecular weight is 824 g/mol. The topological polar surface area (TPSA) is 16.4 Å². The van der Waals surface area contributed by atoms with Crippen molar-refractivity contribution in [1.82, 2.24) is 0 Å². The van der Waals surface area contributed by atoms with Crippen LogP contribution in [0.3, 0.4) is 0 Å². The Morgan fingerprint density at radius 3 is 1.61 bits per heavy atom. The molecule has 0 N–H and O–H groups in total. The lowest BCUT2D eigenvalue weighted by atomic mass is 9.73. The SMILES string of the molecule is CC(C)(C)c1ccc2c(c1)C(C(F)(F)F)(C(F)(F)F)c1cc(C(C)(C)C)cc(N(c3ccc(-c4ccccc4)cc3)c3ccc(-c4cccc5oc6ccccc6c45)cc3)c1-2. The minimum atomic E-state index is -5.74. The predicted octanol–water partition coefficient (Wildman–Crippen LogP) is 16.4. The van der Waals surface area contributed by atoms with Gasteiger partial charge >= 0.3 is 12.4 Å². The summed E-state index contributed by atoms with van der Waals surface area (Å²) in [5.41, 5.74) is -0.523. The van der Waals surface area contributed by atoms with Crippen LogP contribution in [-0.2, 0) is 16.2 Å². The molecule has 0 amide bonds. The summed E-state index contributed by atoms with van der Waals surface area (Å²) in [7, 11) is 0. The van der Waals surface area contributed by atoms with Crippen molar-refractivity contribution >= 4 is 39.0 Å². The van der Waals surface area contributed by atoms with Crippen LogP contribution >= 0.6 is 0 Å². The lowest BCUT2D eigenvalue weighted by molar-refractivity contribution is -0.287. The zero-order chi connectivity index (χ0) is 43.3. The van der Waals surface area contributed by atoms with E-state index in [1.54, 1.807) is 58.6 Å². The molecular weight excluding hydrogens is 781 g/mol. The van der Waals surface area contributed by atoms with Crippen molar-refractivity contribution in [3.63, 3.8) is 0 Å². The summed E-state index contributed by atoms with van der Waals surface area (Å²) in [6.07, 6.45) is -11.5. The first-order valence-electron chi connectivity index (χ1n) is 20.2. The summed E-state index contributed by atoms with van der Waals surface area (Å²) in [5, 5.41) is 1.90. The lowest BCUT2D eigenvalue weighted by Gasteiger charge is -2.37. The molecule has 0 aliphatic heterocycles. The molecule has 7 aromatic carbocycles. The third-order valence-electron chi connectivity index (χ3n) is 12.1. The Morgan fingerprint density at radius 1 is 0.459 bits per heavy atom. The highest BCUT2D eigenvalue weighted by Gasteiger charge is 2.76. The molecule has 0 unspecified atom stereocenters. The Bertz CT molecular complexity index is 2930. The van der Waals surface area contributed by atoms with Gasteiger partial charge < -0.3 is 9.32 Å². The first-order valence-corrected chi connectivity index (χ1v) is 20.2. The molecule has 0 saturated carbocycles. The van der Waals surface area contributed by atoms with Crippen LogP contribution in [0.5, 0.6) is 0 Å². The quantitative estimate of drug-likeness (QED) is 0.161. The Balaban J connectivity index is 1.34. The molecule has 0 spiro atoms. The minimum absolute atomic E-state index is 0.103. The monoisotopic (exact) mass is 823 g/mol. The molecule has 2 nitrogen and oxygen atoms in total. The van der Waals surface area contributed by atoms with Crippen molar-refractivity contribution < 1.29 is 30.8 Å². The summed E-state index contributed by atoms with van der Waals surface area (Å²) in [5.74, 6) is 0. The second-order valence-corrected chi connectivity index (χ2v) is 18.0. The summed E-state index contributed by atoms with van der Waals surface area (Å²) < 4.78 is 102. The van der Waals surface area contributed by atoms with Gasteiger partial charge in [-0.1, -0.05) is 151 Å². The number of hydrogen-bond acceptors (Lipinski definition) is 2. The molecule has 1 aromatic heterocycles. The maximum Gasteiger partial charge on any atom is 0.411 e. The van der Waals surface area contributed by atoms with E-state index in [1.807, 2.05) is 121 Å². The van der Waals surface area contributed by atoms with E-state index in [2.05, 4.69) is 0 Å². The van der Waals surface area contributed by atoms with Crippen molar-refractivity contribution in [2.24, 2.45) is 0 Å². The standard InChI is InChI=1S/C53H43F6NO/c1-49(2,3)35-23-28-40-42(29-35)51(52(54,55)56,53(57,58)59)43-30-36(50(4,5)6)31-44(48(40)43)60(37-24-19-33(20-25-37)32-13-8-7-9-14-32)38-26-21-34(22-27-38)39-16-12-18-46-47(39)41-15-10-11-17-45(41)61-46/h7-31H,1-6H3. The van der Waals surface area contributed by atoms with E-state index in [0.29, 0.717) is 22.5 Å². The molecule has 1 aliphatic carbocycles. The first kappa shape index (κ1) is 40.1. The van der Waals surface area contributed by atoms with E-state index in [4.69, 9.17) is 4.42 Å². The Hall–Kier alpha value is -6.28. The zero-order valence-corrected chi connectivity index (χ0v) is 34.6. The first-order chi connectivity index (χ1) is 28.8. The van der Waals surface area contributed by atoms with Crippen LogP contribution in [0.2, 0.25) is 0 Å². The molecular formula is C53H43F6NO. The van der Waals surface area contributed by atoms with Gasteiger partial charge in [0.25, 0.3) is 0 Å². The summed E-state index contributed by atoms with van der Waals surface area (Å²) in [4.78, 5) is 1.80. The average Bonchev–Trinajstić information content (AvgIpc) is 3.75. The highest BCUT2D eigenvalue weighted by atomic mass is 19.4. The van der Waals surface area contributed by atoms with Gasteiger partial charge in [0, 0.05) is 27.7 Å². The largest absolute Gasteiger partial charge is 0.456 e. The molecule has 308 valence electrons. The van der Waals surface area contributed by atoms with E-state index < -0.39 is 39.7 Å². The molecule has 1 heterocycles. The zero-order valence-electron chi connectivity index (χ0n) is 34.6. The fourth-order valence-corrected chi connectivity index (χ4v) is 8.94. The van der Waals surface area contributed by atoms with Gasteiger partial charge in [0.1, 0.15) is 11.2 Å². The fraction of sp³-hybridized carbons (Fsp3) is 0.208.